The van der Waals surface area contributed by atoms with E-state index in [1.54, 1.807) is 7.11 Å². The number of nitrogens with one attached hydrogen (secondary N) is 1. The van der Waals surface area contributed by atoms with Crippen LogP contribution in [0.2, 0.25) is 0 Å². The molecule has 1 N–H and O–H groups in total. The molecule has 3 atom stereocenters. The van der Waals surface area contributed by atoms with E-state index in [9.17, 15) is 4.79 Å². The first-order chi connectivity index (χ1) is 13.6. The third kappa shape index (κ3) is 3.76. The van der Waals surface area contributed by atoms with Crippen molar-refractivity contribution in [1.29, 1.82) is 0 Å². The van der Waals surface area contributed by atoms with Crippen LogP contribution in [0.15, 0.2) is 6.07 Å². The van der Waals surface area contributed by atoms with E-state index in [2.05, 4.69) is 50.9 Å². The summed E-state index contributed by atoms with van der Waals surface area (Å²) in [7, 11) is 1.71. The highest BCUT2D eigenvalue weighted by atomic mass is 16.5. The molecule has 0 aromatic carbocycles. The second kappa shape index (κ2) is 7.22. The first-order valence-electron chi connectivity index (χ1n) is 11.1. The molecule has 6 nitrogen and oxygen atoms in total. The number of fused-ring (bicyclic) bond motifs is 1. The topological polar surface area (TPSA) is 67.3 Å². The van der Waals surface area contributed by atoms with Crippen molar-refractivity contribution in [1.82, 2.24) is 15.3 Å². The van der Waals surface area contributed by atoms with Gasteiger partial charge in [-0.05, 0) is 25.7 Å². The van der Waals surface area contributed by atoms with Gasteiger partial charge in [-0.15, -0.1) is 0 Å². The highest BCUT2D eigenvalue weighted by Gasteiger charge is 2.60. The number of methoxy groups -OCH3 is 1. The molecule has 1 amide bonds. The summed E-state index contributed by atoms with van der Waals surface area (Å²) in [5.74, 6) is 2.88. The number of hydrogen-bond acceptors (Lipinski definition) is 5. The molecule has 0 bridgehead atoms. The molecule has 2 aliphatic carbocycles. The lowest BCUT2D eigenvalue weighted by atomic mass is 9.52. The van der Waals surface area contributed by atoms with Gasteiger partial charge >= 0.3 is 0 Å². The van der Waals surface area contributed by atoms with Crippen molar-refractivity contribution in [2.75, 3.05) is 18.6 Å². The quantitative estimate of drug-likeness (QED) is 0.820. The van der Waals surface area contributed by atoms with E-state index in [1.165, 1.54) is 6.42 Å². The third-order valence-electron chi connectivity index (χ3n) is 6.94. The number of carbonyl (C=O) groups excluding carboxylic acids is 1. The molecule has 6 heteroatoms. The van der Waals surface area contributed by atoms with Gasteiger partial charge in [-0.1, -0.05) is 34.6 Å². The van der Waals surface area contributed by atoms with E-state index < -0.39 is 0 Å². The fourth-order valence-electron chi connectivity index (χ4n) is 5.30. The Hall–Kier alpha value is -1.69. The monoisotopic (exact) mass is 400 g/mol. The van der Waals surface area contributed by atoms with Crippen LogP contribution >= 0.6 is 0 Å². The maximum Gasteiger partial charge on any atom is 0.223 e. The van der Waals surface area contributed by atoms with Gasteiger partial charge in [0.25, 0.3) is 0 Å². The standard InChI is InChI=1S/C23H36N4O2/c1-22(2,3)21-24-15(13-29-6)12-17(25-21)27-11-7-8-16-18(23(4,5)19(16)27)26-20(28)14-9-10-14/h12,14,16,18-19H,7-11,13H2,1-6H3,(H,26,28). The van der Waals surface area contributed by atoms with Crippen molar-refractivity contribution in [3.8, 4) is 0 Å². The summed E-state index contributed by atoms with van der Waals surface area (Å²) in [4.78, 5) is 24.7. The third-order valence-corrected chi connectivity index (χ3v) is 6.94. The molecule has 29 heavy (non-hydrogen) atoms. The molecule has 3 aliphatic rings. The number of anilines is 1. The molecule has 3 unspecified atom stereocenters. The van der Waals surface area contributed by atoms with Gasteiger partial charge in [0.1, 0.15) is 11.6 Å². The summed E-state index contributed by atoms with van der Waals surface area (Å²) < 4.78 is 5.37. The van der Waals surface area contributed by atoms with Crippen LogP contribution in [-0.4, -0.2) is 41.6 Å². The molecular weight excluding hydrogens is 364 g/mol. The zero-order chi connectivity index (χ0) is 21.0. The Morgan fingerprint density at radius 2 is 2.00 bits per heavy atom. The lowest BCUT2D eigenvalue weighted by Crippen LogP contribution is -2.75. The van der Waals surface area contributed by atoms with Crippen LogP contribution in [0.3, 0.4) is 0 Å². The van der Waals surface area contributed by atoms with E-state index in [0.717, 1.165) is 43.1 Å². The fraction of sp³-hybridized carbons (Fsp3) is 0.783. The summed E-state index contributed by atoms with van der Waals surface area (Å²) in [6, 6.07) is 2.73. The molecule has 0 radical (unpaired) electrons. The first kappa shape index (κ1) is 20.6. The minimum atomic E-state index is -0.121. The van der Waals surface area contributed by atoms with Crippen molar-refractivity contribution < 1.29 is 9.53 Å². The van der Waals surface area contributed by atoms with E-state index in [-0.39, 0.29) is 28.7 Å². The molecule has 1 saturated heterocycles. The van der Waals surface area contributed by atoms with Gasteiger partial charge in [0.15, 0.2) is 0 Å². The van der Waals surface area contributed by atoms with Crippen LogP contribution in [-0.2, 0) is 21.6 Å². The number of aromatic nitrogens is 2. The average Bonchev–Trinajstić information content (AvgIpc) is 3.50. The predicted molar refractivity (Wildman–Crippen MR) is 114 cm³/mol. The number of rotatable bonds is 5. The van der Waals surface area contributed by atoms with Gasteiger partial charge < -0.3 is 15.0 Å². The van der Waals surface area contributed by atoms with Gasteiger partial charge in [-0.2, -0.15) is 0 Å². The van der Waals surface area contributed by atoms with Crippen molar-refractivity contribution in [2.24, 2.45) is 17.3 Å². The Bertz CT molecular complexity index is 782. The molecule has 1 aliphatic heterocycles. The van der Waals surface area contributed by atoms with Crippen LogP contribution < -0.4 is 10.2 Å². The molecular formula is C23H36N4O2. The molecule has 4 rings (SSSR count). The molecule has 1 aromatic rings. The van der Waals surface area contributed by atoms with Crippen molar-refractivity contribution in [3.63, 3.8) is 0 Å². The highest BCUT2D eigenvalue weighted by Crippen LogP contribution is 2.53. The van der Waals surface area contributed by atoms with Crippen LogP contribution in [0, 0.1) is 17.3 Å². The van der Waals surface area contributed by atoms with Crippen molar-refractivity contribution in [3.05, 3.63) is 17.6 Å². The number of ether oxygens (including phenoxy) is 1. The number of amides is 1. The fourth-order valence-corrected chi connectivity index (χ4v) is 5.30. The Morgan fingerprint density at radius 1 is 1.28 bits per heavy atom. The Balaban J connectivity index is 1.62. The molecule has 2 saturated carbocycles. The molecule has 0 spiro atoms. The van der Waals surface area contributed by atoms with Gasteiger partial charge in [0.2, 0.25) is 5.91 Å². The summed E-state index contributed by atoms with van der Waals surface area (Å²) in [5.41, 5.74) is 0.827. The second-order valence-electron chi connectivity index (χ2n) is 10.8. The van der Waals surface area contributed by atoms with Crippen molar-refractivity contribution >= 4 is 11.7 Å². The zero-order valence-electron chi connectivity index (χ0n) is 18.8. The van der Waals surface area contributed by atoms with Gasteiger partial charge in [0, 0.05) is 54.5 Å². The number of carbonyl (C=O) groups is 1. The number of piperidine rings is 1. The van der Waals surface area contributed by atoms with Crippen LogP contribution in [0.4, 0.5) is 5.82 Å². The predicted octanol–water partition coefficient (Wildman–Crippen LogP) is 3.44. The maximum absolute atomic E-state index is 12.4. The summed E-state index contributed by atoms with van der Waals surface area (Å²) in [6.07, 6.45) is 4.40. The van der Waals surface area contributed by atoms with Crippen LogP contribution in [0.5, 0.6) is 0 Å². The van der Waals surface area contributed by atoms with Crippen LogP contribution in [0.1, 0.15) is 71.8 Å². The average molecular weight is 401 g/mol. The second-order valence-corrected chi connectivity index (χ2v) is 10.8. The van der Waals surface area contributed by atoms with Gasteiger partial charge in [-0.3, -0.25) is 4.79 Å². The van der Waals surface area contributed by atoms with E-state index in [0.29, 0.717) is 18.6 Å². The number of hydrogen-bond donors (Lipinski definition) is 1. The summed E-state index contributed by atoms with van der Waals surface area (Å²) in [6.45, 7) is 12.5. The molecule has 1 aromatic heterocycles. The largest absolute Gasteiger partial charge is 0.378 e. The van der Waals surface area contributed by atoms with E-state index in [1.807, 2.05) is 0 Å². The highest BCUT2D eigenvalue weighted by molar-refractivity contribution is 5.81. The molecule has 3 fully saturated rings. The smallest absolute Gasteiger partial charge is 0.223 e. The van der Waals surface area contributed by atoms with Gasteiger partial charge in [-0.25, -0.2) is 9.97 Å². The first-order valence-corrected chi connectivity index (χ1v) is 11.1. The molecule has 160 valence electrons. The Kier molecular flexibility index (Phi) is 5.12. The Morgan fingerprint density at radius 3 is 2.62 bits per heavy atom. The maximum atomic E-state index is 12.4. The number of nitrogens with zero attached hydrogens (tertiary/aromatic N) is 3. The van der Waals surface area contributed by atoms with Crippen molar-refractivity contribution in [2.45, 2.75) is 84.4 Å². The lowest BCUT2D eigenvalue weighted by Gasteiger charge is -2.64. The minimum absolute atomic E-state index is 0.0178. The SMILES string of the molecule is COCc1cc(N2CCCC3C(NC(=O)C4CC4)C(C)(C)C32)nc(C(C)(C)C)n1. The summed E-state index contributed by atoms with van der Waals surface area (Å²) >= 11 is 0. The molecule has 2 heterocycles. The summed E-state index contributed by atoms with van der Waals surface area (Å²) in [5, 5.41) is 3.39. The normalized spacial score (nSPS) is 28.5. The minimum Gasteiger partial charge on any atom is -0.378 e. The lowest BCUT2D eigenvalue weighted by molar-refractivity contribution is -0.128. The van der Waals surface area contributed by atoms with Gasteiger partial charge in [0.05, 0.1) is 12.3 Å². The zero-order valence-corrected chi connectivity index (χ0v) is 18.8. The van der Waals surface area contributed by atoms with E-state index >= 15 is 0 Å². The van der Waals surface area contributed by atoms with Crippen LogP contribution in [0.25, 0.3) is 0 Å². The Labute approximate surface area is 174 Å². The van der Waals surface area contributed by atoms with E-state index in [4.69, 9.17) is 14.7 Å².